The second-order valence-corrected chi connectivity index (χ2v) is 5.96. The molecule has 0 bridgehead atoms. The Morgan fingerprint density at radius 3 is 3.05 bits per heavy atom. The summed E-state index contributed by atoms with van der Waals surface area (Å²) in [4.78, 5) is 15.1. The smallest absolute Gasteiger partial charge is 0.311 e. The Bertz CT molecular complexity index is 464. The van der Waals surface area contributed by atoms with Crippen molar-refractivity contribution in [3.63, 3.8) is 0 Å². The van der Waals surface area contributed by atoms with Crippen LogP contribution in [0.1, 0.15) is 26.2 Å². The number of hydrogen-bond acceptors (Lipinski definition) is 6. The number of hydrogen-bond donors (Lipinski definition) is 2. The molecule has 1 aromatic heterocycles. The zero-order valence-electron chi connectivity index (χ0n) is 11.6. The van der Waals surface area contributed by atoms with E-state index in [-0.39, 0.29) is 16.7 Å². The molecular weight excluding hydrogens is 276 g/mol. The normalized spacial score (nSPS) is 18.6. The maximum atomic E-state index is 11.1. The monoisotopic (exact) mass is 296 g/mol. The fraction of sp³-hybridized carbons (Fsp3) is 0.615. The Hall–Kier alpha value is -1.50. The van der Waals surface area contributed by atoms with Gasteiger partial charge in [-0.15, -0.1) is 0 Å². The highest BCUT2D eigenvalue weighted by molar-refractivity contribution is 7.99. The first kappa shape index (κ1) is 14.9. The largest absolute Gasteiger partial charge is 0.370 e. The molecule has 0 spiro atoms. The highest BCUT2D eigenvalue weighted by Crippen LogP contribution is 2.27. The van der Waals surface area contributed by atoms with Gasteiger partial charge in [0.25, 0.3) is 0 Å². The second-order valence-electron chi connectivity index (χ2n) is 4.81. The zero-order valence-corrected chi connectivity index (χ0v) is 12.4. The molecular formula is C13H20N4O2S. The Labute approximate surface area is 122 Å². The molecule has 1 saturated heterocycles. The maximum absolute atomic E-state index is 11.1. The minimum atomic E-state index is -0.380. The van der Waals surface area contributed by atoms with Crippen molar-refractivity contribution in [2.24, 2.45) is 0 Å². The fourth-order valence-corrected chi connectivity index (χ4v) is 3.18. The quantitative estimate of drug-likeness (QED) is 0.620. The number of nitro groups is 1. The number of anilines is 2. The number of nitrogens with one attached hydrogen (secondary N) is 2. The molecule has 0 amide bonds. The summed E-state index contributed by atoms with van der Waals surface area (Å²) in [6.07, 6.45) is 3.17. The van der Waals surface area contributed by atoms with Crippen LogP contribution in [0.25, 0.3) is 0 Å². The summed E-state index contributed by atoms with van der Waals surface area (Å²) in [6.45, 7) is 2.88. The molecule has 7 heteroatoms. The van der Waals surface area contributed by atoms with Gasteiger partial charge in [-0.1, -0.05) is 6.92 Å². The van der Waals surface area contributed by atoms with Crippen molar-refractivity contribution in [3.8, 4) is 0 Å². The number of rotatable bonds is 6. The molecule has 2 heterocycles. The van der Waals surface area contributed by atoms with Crippen LogP contribution in [0.4, 0.5) is 17.3 Å². The molecule has 1 atom stereocenters. The van der Waals surface area contributed by atoms with Gasteiger partial charge in [-0.2, -0.15) is 11.8 Å². The van der Waals surface area contributed by atoms with E-state index in [9.17, 15) is 10.1 Å². The summed E-state index contributed by atoms with van der Waals surface area (Å²) < 4.78 is 0. The zero-order chi connectivity index (χ0) is 14.4. The van der Waals surface area contributed by atoms with Gasteiger partial charge in [0.05, 0.1) is 4.92 Å². The van der Waals surface area contributed by atoms with Gasteiger partial charge in [-0.05, 0) is 31.1 Å². The summed E-state index contributed by atoms with van der Waals surface area (Å²) in [6, 6.07) is 3.44. The molecule has 110 valence electrons. The molecule has 2 N–H and O–H groups in total. The Balaban J connectivity index is 2.14. The van der Waals surface area contributed by atoms with Crippen LogP contribution in [0.2, 0.25) is 0 Å². The van der Waals surface area contributed by atoms with Crippen LogP contribution < -0.4 is 10.6 Å². The van der Waals surface area contributed by atoms with Gasteiger partial charge in [-0.25, -0.2) is 4.98 Å². The minimum Gasteiger partial charge on any atom is -0.370 e. The molecule has 1 unspecified atom stereocenters. The third-order valence-corrected chi connectivity index (χ3v) is 4.34. The average Bonchev–Trinajstić information content (AvgIpc) is 2.46. The fourth-order valence-electron chi connectivity index (χ4n) is 2.10. The third-order valence-electron chi connectivity index (χ3n) is 3.13. The minimum absolute atomic E-state index is 0.0441. The van der Waals surface area contributed by atoms with Crippen molar-refractivity contribution in [3.05, 3.63) is 22.2 Å². The highest BCUT2D eigenvalue weighted by atomic mass is 32.2. The van der Waals surface area contributed by atoms with E-state index in [1.807, 2.05) is 11.8 Å². The summed E-state index contributed by atoms with van der Waals surface area (Å²) in [5.74, 6) is 3.21. The lowest BCUT2D eigenvalue weighted by Gasteiger charge is -2.23. The van der Waals surface area contributed by atoms with Crippen LogP contribution in [0.15, 0.2) is 12.1 Å². The average molecular weight is 296 g/mol. The van der Waals surface area contributed by atoms with E-state index in [0.717, 1.165) is 31.6 Å². The van der Waals surface area contributed by atoms with Crippen molar-refractivity contribution < 1.29 is 4.92 Å². The molecule has 1 fully saturated rings. The summed E-state index contributed by atoms with van der Waals surface area (Å²) in [7, 11) is 0. The van der Waals surface area contributed by atoms with Crippen molar-refractivity contribution in [2.75, 3.05) is 28.7 Å². The lowest BCUT2D eigenvalue weighted by atomic mass is 10.2. The number of pyridine rings is 1. The first-order chi connectivity index (χ1) is 9.70. The summed E-state index contributed by atoms with van der Waals surface area (Å²) in [5.41, 5.74) is 0.0441. The van der Waals surface area contributed by atoms with Crippen LogP contribution in [-0.2, 0) is 0 Å². The number of nitrogens with zero attached hydrogens (tertiary/aromatic N) is 2. The van der Waals surface area contributed by atoms with E-state index in [4.69, 9.17) is 0 Å². The van der Waals surface area contributed by atoms with Crippen molar-refractivity contribution in [1.29, 1.82) is 0 Å². The van der Waals surface area contributed by atoms with E-state index in [2.05, 4.69) is 22.5 Å². The lowest BCUT2D eigenvalue weighted by Crippen LogP contribution is -2.26. The van der Waals surface area contributed by atoms with Crippen LogP contribution in [0.5, 0.6) is 0 Å². The van der Waals surface area contributed by atoms with E-state index in [1.54, 1.807) is 6.07 Å². The highest BCUT2D eigenvalue weighted by Gasteiger charge is 2.21. The lowest BCUT2D eigenvalue weighted by molar-refractivity contribution is -0.384. The van der Waals surface area contributed by atoms with Gasteiger partial charge < -0.3 is 10.6 Å². The van der Waals surface area contributed by atoms with Gasteiger partial charge in [-0.3, -0.25) is 10.1 Å². The van der Waals surface area contributed by atoms with Crippen LogP contribution in [0, 0.1) is 10.1 Å². The van der Waals surface area contributed by atoms with Crippen molar-refractivity contribution in [1.82, 2.24) is 4.98 Å². The third kappa shape index (κ3) is 4.00. The van der Waals surface area contributed by atoms with Crippen molar-refractivity contribution >= 4 is 29.1 Å². The van der Waals surface area contributed by atoms with E-state index < -0.39 is 0 Å². The van der Waals surface area contributed by atoms with Crippen LogP contribution in [-0.4, -0.2) is 34.0 Å². The van der Waals surface area contributed by atoms with Gasteiger partial charge in [0.15, 0.2) is 0 Å². The van der Waals surface area contributed by atoms with Crippen molar-refractivity contribution in [2.45, 2.75) is 32.2 Å². The molecule has 2 rings (SSSR count). The first-order valence-corrected chi connectivity index (χ1v) is 8.09. The molecule has 6 nitrogen and oxygen atoms in total. The standard InChI is InChI=1S/C13H20N4O2S/c1-2-7-14-12-6-5-11(17(18)19)13(16-12)15-10-4-3-8-20-9-10/h5-6,10H,2-4,7-9H2,1H3,(H2,14,15,16). The molecule has 0 aromatic carbocycles. The summed E-state index contributed by atoms with van der Waals surface area (Å²) >= 11 is 1.88. The Morgan fingerprint density at radius 2 is 2.40 bits per heavy atom. The predicted octanol–water partition coefficient (Wildman–Crippen LogP) is 3.12. The van der Waals surface area contributed by atoms with Gasteiger partial charge in [0, 0.05) is 24.4 Å². The maximum Gasteiger partial charge on any atom is 0.311 e. The van der Waals surface area contributed by atoms with Gasteiger partial charge in [0.2, 0.25) is 5.82 Å². The van der Waals surface area contributed by atoms with Crippen LogP contribution in [0.3, 0.4) is 0 Å². The topological polar surface area (TPSA) is 80.1 Å². The Morgan fingerprint density at radius 1 is 1.55 bits per heavy atom. The molecule has 20 heavy (non-hydrogen) atoms. The van der Waals surface area contributed by atoms with E-state index in [1.165, 1.54) is 11.8 Å². The molecule has 1 aromatic rings. The molecule has 1 aliphatic rings. The van der Waals surface area contributed by atoms with Gasteiger partial charge >= 0.3 is 5.69 Å². The molecule has 1 aliphatic heterocycles. The molecule has 0 aliphatic carbocycles. The number of thioether (sulfide) groups is 1. The summed E-state index contributed by atoms with van der Waals surface area (Å²) in [5, 5.41) is 17.5. The molecule has 0 saturated carbocycles. The van der Waals surface area contributed by atoms with Gasteiger partial charge in [0.1, 0.15) is 5.82 Å². The SMILES string of the molecule is CCCNc1ccc([N+](=O)[O-])c(NC2CCCSC2)n1. The first-order valence-electron chi connectivity index (χ1n) is 6.94. The Kier molecular flexibility index (Phi) is 5.46. The van der Waals surface area contributed by atoms with E-state index in [0.29, 0.717) is 11.6 Å². The predicted molar refractivity (Wildman–Crippen MR) is 83.6 cm³/mol. The van der Waals surface area contributed by atoms with E-state index >= 15 is 0 Å². The molecule has 0 radical (unpaired) electrons. The van der Waals surface area contributed by atoms with Crippen LogP contribution >= 0.6 is 11.8 Å². The second kappa shape index (κ2) is 7.33. The number of aromatic nitrogens is 1.